The topological polar surface area (TPSA) is 203 Å². The number of carbonyl (C=O) groups excluding carboxylic acids is 5. The summed E-state index contributed by atoms with van der Waals surface area (Å²) in [5, 5.41) is 8.27. The third-order valence-electron chi connectivity index (χ3n) is 13.4. The third kappa shape index (κ3) is 12.4. The van der Waals surface area contributed by atoms with Crippen LogP contribution in [0.1, 0.15) is 97.9 Å². The molecule has 0 fully saturated rings. The van der Waals surface area contributed by atoms with Crippen LogP contribution in [0.4, 0.5) is 4.79 Å². The van der Waals surface area contributed by atoms with Gasteiger partial charge in [0.05, 0.1) is 38.8 Å². The monoisotopic (exact) mass is 1020 g/mol. The second kappa shape index (κ2) is 22.9. The molecule has 0 radical (unpaired) electrons. The van der Waals surface area contributed by atoms with Crippen LogP contribution in [0.25, 0.3) is 11.1 Å². The first-order valence-electron chi connectivity index (χ1n) is 25.0. The van der Waals surface area contributed by atoms with Crippen molar-refractivity contribution in [3.8, 4) is 39.9 Å². The molecule has 0 saturated carbocycles. The molecule has 6 aromatic rings. The summed E-state index contributed by atoms with van der Waals surface area (Å²) in [6, 6.07) is 37.7. The van der Waals surface area contributed by atoms with E-state index < -0.39 is 52.9 Å². The summed E-state index contributed by atoms with van der Waals surface area (Å²) in [7, 11) is 2.98. The SMILES string of the molecule is COc1ccc2c(c1CNC(=O)[C@H](Cc1ccc(OC(C)(C)C)cc1)NC(=O)OCC1c3ccccc3-c3ccccc31)Oc1c(ccc(OC)c1CC(=O)NC(=O)[C@@H](N)CCC(=O)OCc1ccccc1)C2(C)C. The Morgan fingerprint density at radius 2 is 1.28 bits per heavy atom. The molecule has 1 aliphatic carbocycles. The molecular weight excluding hydrogens is 953 g/mol. The highest BCUT2D eigenvalue weighted by Gasteiger charge is 2.39. The molecule has 0 bridgehead atoms. The lowest BCUT2D eigenvalue weighted by molar-refractivity contribution is -0.145. The fraction of sp³-hybridized carbons (Fsp3) is 0.317. The molecule has 0 aromatic heterocycles. The maximum Gasteiger partial charge on any atom is 0.407 e. The van der Waals surface area contributed by atoms with Gasteiger partial charge in [0, 0.05) is 40.9 Å². The first-order valence-corrected chi connectivity index (χ1v) is 25.0. The zero-order chi connectivity index (χ0) is 53.4. The van der Waals surface area contributed by atoms with Crippen LogP contribution in [0.2, 0.25) is 0 Å². The number of hydrogen-bond acceptors (Lipinski definition) is 12. The lowest BCUT2D eigenvalue weighted by Gasteiger charge is -2.37. The van der Waals surface area contributed by atoms with Crippen LogP contribution < -0.4 is 40.6 Å². The number of rotatable bonds is 19. The van der Waals surface area contributed by atoms with Crippen molar-refractivity contribution in [3.63, 3.8) is 0 Å². The Labute approximate surface area is 437 Å². The number of imide groups is 1. The van der Waals surface area contributed by atoms with Gasteiger partial charge in [0.15, 0.2) is 0 Å². The van der Waals surface area contributed by atoms with E-state index >= 15 is 0 Å². The summed E-state index contributed by atoms with van der Waals surface area (Å²) in [6.45, 7) is 9.95. The van der Waals surface area contributed by atoms with E-state index in [0.717, 1.165) is 44.5 Å². The smallest absolute Gasteiger partial charge is 0.407 e. The van der Waals surface area contributed by atoms with Gasteiger partial charge in [-0.2, -0.15) is 0 Å². The van der Waals surface area contributed by atoms with Crippen LogP contribution in [-0.2, 0) is 60.1 Å². The average Bonchev–Trinajstić information content (AvgIpc) is 3.73. The van der Waals surface area contributed by atoms with Crippen LogP contribution in [0, 0.1) is 0 Å². The predicted molar refractivity (Wildman–Crippen MR) is 283 cm³/mol. The van der Waals surface area contributed by atoms with Gasteiger partial charge in [0.2, 0.25) is 17.7 Å². The Morgan fingerprint density at radius 3 is 1.89 bits per heavy atom. The molecule has 1 heterocycles. The largest absolute Gasteiger partial charge is 0.496 e. The van der Waals surface area contributed by atoms with E-state index in [9.17, 15) is 24.0 Å². The van der Waals surface area contributed by atoms with Crippen LogP contribution in [-0.4, -0.2) is 68.3 Å². The summed E-state index contributed by atoms with van der Waals surface area (Å²) in [5.41, 5.74) is 13.2. The van der Waals surface area contributed by atoms with Gasteiger partial charge < -0.3 is 44.8 Å². The standard InChI is InChI=1S/C60H64N4O11/c1-59(2,3)75-38-23-21-36(22-24-38)31-49(63-58(69)73-35-45-41-19-13-11-17-39(41)40-18-12-14-20-42(40)45)57(68)62-33-44-51(71-7)29-26-47-55(44)74-54-43(50(70-6)28-25-46(54)60(47,4)5)32-52(65)64-56(67)48(61)27-30-53(66)72-34-37-15-9-8-10-16-37/h8-26,28-29,45,48-49H,27,30-35,61H2,1-7H3,(H,62,68)(H,63,69)(H,64,65,67)/t48-,49-/m0/s1. The number of methoxy groups -OCH3 is 2. The van der Waals surface area contributed by atoms with Gasteiger partial charge in [-0.1, -0.05) is 117 Å². The second-order valence-electron chi connectivity index (χ2n) is 20.2. The van der Waals surface area contributed by atoms with E-state index in [1.807, 2.05) is 138 Å². The Bertz CT molecular complexity index is 3030. The Morgan fingerprint density at radius 1 is 0.693 bits per heavy atom. The van der Waals surface area contributed by atoms with Crippen LogP contribution >= 0.6 is 0 Å². The van der Waals surface area contributed by atoms with Crippen molar-refractivity contribution in [2.24, 2.45) is 5.73 Å². The number of carbonyl (C=O) groups is 5. The first-order chi connectivity index (χ1) is 35.9. The number of fused-ring (bicyclic) bond motifs is 5. The average molecular weight is 1020 g/mol. The molecule has 15 heteroatoms. The number of hydrogen-bond donors (Lipinski definition) is 4. The van der Waals surface area contributed by atoms with Crippen molar-refractivity contribution >= 4 is 29.8 Å². The molecule has 75 heavy (non-hydrogen) atoms. The fourth-order valence-corrected chi connectivity index (χ4v) is 9.62. The minimum atomic E-state index is -1.17. The van der Waals surface area contributed by atoms with Gasteiger partial charge in [-0.3, -0.25) is 24.5 Å². The molecule has 8 rings (SSSR count). The van der Waals surface area contributed by atoms with E-state index in [-0.39, 0.29) is 51.4 Å². The lowest BCUT2D eigenvalue weighted by Crippen LogP contribution is -2.48. The zero-order valence-electron chi connectivity index (χ0n) is 43.4. The lowest BCUT2D eigenvalue weighted by atomic mass is 9.74. The quantitative estimate of drug-likeness (QED) is 0.0562. The molecule has 0 saturated heterocycles. The Balaban J connectivity index is 0.990. The van der Waals surface area contributed by atoms with E-state index in [1.54, 1.807) is 12.1 Å². The highest BCUT2D eigenvalue weighted by molar-refractivity contribution is 5.99. The Kier molecular flexibility index (Phi) is 16.2. The normalized spacial score (nSPS) is 13.8. The summed E-state index contributed by atoms with van der Waals surface area (Å²) in [5.74, 6) is -0.531. The minimum absolute atomic E-state index is 0.0432. The summed E-state index contributed by atoms with van der Waals surface area (Å²) >= 11 is 0. The van der Waals surface area contributed by atoms with Crippen molar-refractivity contribution in [3.05, 3.63) is 172 Å². The number of nitrogens with one attached hydrogen (secondary N) is 3. The molecule has 15 nitrogen and oxygen atoms in total. The predicted octanol–water partition coefficient (Wildman–Crippen LogP) is 9.12. The van der Waals surface area contributed by atoms with Gasteiger partial charge in [0.1, 0.15) is 53.6 Å². The minimum Gasteiger partial charge on any atom is -0.496 e. The fourth-order valence-electron chi connectivity index (χ4n) is 9.62. The van der Waals surface area contributed by atoms with E-state index in [1.165, 1.54) is 14.2 Å². The molecule has 4 amide bonds. The van der Waals surface area contributed by atoms with Crippen LogP contribution in [0.5, 0.6) is 28.7 Å². The number of amides is 4. The maximum absolute atomic E-state index is 14.5. The Hall–Kier alpha value is -8.17. The molecule has 1 aliphatic heterocycles. The maximum atomic E-state index is 14.5. The molecule has 2 atom stereocenters. The number of nitrogens with two attached hydrogens (primary N) is 1. The first kappa shape index (κ1) is 53.1. The van der Waals surface area contributed by atoms with Crippen molar-refractivity contribution in [1.82, 2.24) is 16.0 Å². The van der Waals surface area contributed by atoms with Gasteiger partial charge in [-0.15, -0.1) is 0 Å². The van der Waals surface area contributed by atoms with Gasteiger partial charge >= 0.3 is 12.1 Å². The summed E-state index contributed by atoms with van der Waals surface area (Å²) in [6.07, 6.45) is -1.14. The van der Waals surface area contributed by atoms with Crippen molar-refractivity contribution in [2.75, 3.05) is 20.8 Å². The number of alkyl carbamates (subject to hydrolysis) is 1. The van der Waals surface area contributed by atoms with Gasteiger partial charge in [-0.25, -0.2) is 4.79 Å². The number of benzene rings is 6. The summed E-state index contributed by atoms with van der Waals surface area (Å²) < 4.78 is 35.7. The van der Waals surface area contributed by atoms with Crippen molar-refractivity contribution < 1.29 is 52.4 Å². The van der Waals surface area contributed by atoms with E-state index in [0.29, 0.717) is 39.9 Å². The van der Waals surface area contributed by atoms with Crippen LogP contribution in [0.3, 0.4) is 0 Å². The zero-order valence-corrected chi connectivity index (χ0v) is 43.4. The number of ether oxygens (including phenoxy) is 6. The molecule has 390 valence electrons. The molecule has 0 spiro atoms. The molecule has 5 N–H and O–H groups in total. The van der Waals surface area contributed by atoms with Crippen molar-refractivity contribution in [1.29, 1.82) is 0 Å². The molecular formula is C60H64N4O11. The molecule has 6 aromatic carbocycles. The molecule has 2 aliphatic rings. The third-order valence-corrected chi connectivity index (χ3v) is 13.4. The van der Waals surface area contributed by atoms with Gasteiger partial charge in [0.25, 0.3) is 0 Å². The van der Waals surface area contributed by atoms with E-state index in [2.05, 4.69) is 28.1 Å². The molecule has 0 unspecified atom stereocenters. The van der Waals surface area contributed by atoms with Gasteiger partial charge in [-0.05, 0) is 84.8 Å². The van der Waals surface area contributed by atoms with Crippen LogP contribution in [0.15, 0.2) is 127 Å². The summed E-state index contributed by atoms with van der Waals surface area (Å²) in [4.78, 5) is 67.6. The van der Waals surface area contributed by atoms with E-state index in [4.69, 9.17) is 34.2 Å². The van der Waals surface area contributed by atoms with Crippen molar-refractivity contribution in [2.45, 2.75) is 102 Å². The second-order valence-corrected chi connectivity index (χ2v) is 20.2. The number of esters is 1. The highest BCUT2D eigenvalue weighted by Crippen LogP contribution is 2.53. The highest BCUT2D eigenvalue weighted by atomic mass is 16.6.